The van der Waals surface area contributed by atoms with Crippen molar-refractivity contribution < 1.29 is 9.21 Å². The Hall–Kier alpha value is -3.08. The minimum atomic E-state index is -0.388. The maximum Gasteiger partial charge on any atom is 0.264 e. The zero-order valence-corrected chi connectivity index (χ0v) is 14.3. The molecule has 0 saturated heterocycles. The highest BCUT2D eigenvalue weighted by Crippen LogP contribution is 2.10. The van der Waals surface area contributed by atoms with Gasteiger partial charge in [0.1, 0.15) is 11.3 Å². The topological polar surface area (TPSA) is 64.2 Å². The zero-order chi connectivity index (χ0) is 17.8. The molecule has 2 aromatic heterocycles. The van der Waals surface area contributed by atoms with Crippen LogP contribution in [0, 0.1) is 13.8 Å². The van der Waals surface area contributed by atoms with Crippen molar-refractivity contribution in [3.8, 4) is 0 Å². The Morgan fingerprint density at radius 1 is 1.12 bits per heavy atom. The number of amides is 1. The zero-order valence-electron chi connectivity index (χ0n) is 14.3. The second-order valence-electron chi connectivity index (χ2n) is 5.98. The number of nitrogens with one attached hydrogen (secondary N) is 1. The third-order valence-corrected chi connectivity index (χ3v) is 4.12. The summed E-state index contributed by atoms with van der Waals surface area (Å²) in [5.41, 5.74) is 2.41. The van der Waals surface area contributed by atoms with Gasteiger partial charge in [0.05, 0.1) is 19.4 Å². The van der Waals surface area contributed by atoms with Crippen LogP contribution < -0.4 is 10.9 Å². The quantitative estimate of drug-likeness (QED) is 0.779. The van der Waals surface area contributed by atoms with E-state index in [4.69, 9.17) is 4.42 Å². The molecule has 0 unspecified atom stereocenters. The third-order valence-electron chi connectivity index (χ3n) is 4.12. The van der Waals surface area contributed by atoms with E-state index < -0.39 is 0 Å². The molecule has 0 atom stereocenters. The molecular formula is C20H20N2O3. The Balaban J connectivity index is 1.89. The summed E-state index contributed by atoms with van der Waals surface area (Å²) in [4.78, 5) is 25.4. The average Bonchev–Trinajstić information content (AvgIpc) is 3.11. The number of aromatic nitrogens is 1. The lowest BCUT2D eigenvalue weighted by Gasteiger charge is -2.14. The molecule has 0 radical (unpaired) electrons. The third kappa shape index (κ3) is 3.71. The van der Waals surface area contributed by atoms with E-state index in [0.29, 0.717) is 17.9 Å². The van der Waals surface area contributed by atoms with E-state index in [1.807, 2.05) is 43.3 Å². The molecule has 1 amide bonds. The van der Waals surface area contributed by atoms with E-state index in [1.165, 1.54) is 0 Å². The highest BCUT2D eigenvalue weighted by molar-refractivity contribution is 5.95. The van der Waals surface area contributed by atoms with Crippen molar-refractivity contribution in [2.75, 3.05) is 0 Å². The summed E-state index contributed by atoms with van der Waals surface area (Å²) in [6, 6.07) is 15.1. The molecule has 1 N–H and O–H groups in total. The molecule has 3 aromatic rings. The number of aryl methyl sites for hydroxylation is 2. The smallest absolute Gasteiger partial charge is 0.264 e. The average molecular weight is 336 g/mol. The van der Waals surface area contributed by atoms with Crippen molar-refractivity contribution in [3.63, 3.8) is 0 Å². The van der Waals surface area contributed by atoms with Gasteiger partial charge in [-0.3, -0.25) is 9.59 Å². The number of hydrogen-bond donors (Lipinski definition) is 1. The van der Waals surface area contributed by atoms with Crippen LogP contribution in [0.5, 0.6) is 0 Å². The van der Waals surface area contributed by atoms with Gasteiger partial charge in [0.2, 0.25) is 0 Å². The van der Waals surface area contributed by atoms with Crippen molar-refractivity contribution in [2.45, 2.75) is 26.9 Å². The largest absolute Gasteiger partial charge is 0.467 e. The summed E-state index contributed by atoms with van der Waals surface area (Å²) in [6.07, 6.45) is 1.55. The fourth-order valence-electron chi connectivity index (χ4n) is 2.83. The summed E-state index contributed by atoms with van der Waals surface area (Å²) >= 11 is 0. The first-order valence-corrected chi connectivity index (χ1v) is 8.12. The fourth-order valence-corrected chi connectivity index (χ4v) is 2.83. The van der Waals surface area contributed by atoms with Crippen LogP contribution in [0.4, 0.5) is 0 Å². The summed E-state index contributed by atoms with van der Waals surface area (Å²) in [5.74, 6) is 0.253. The molecule has 0 bridgehead atoms. The number of furan rings is 1. The predicted molar refractivity (Wildman–Crippen MR) is 95.6 cm³/mol. The second kappa shape index (κ2) is 7.21. The molecule has 0 fully saturated rings. The molecule has 3 rings (SSSR count). The molecule has 25 heavy (non-hydrogen) atoms. The standard InChI is InChI=1S/C20H20N2O3/c1-14-11-15(2)22(13-16-7-4-3-5-8-16)20(24)18(14)19(23)21-12-17-9-6-10-25-17/h3-11H,12-13H2,1-2H3,(H,21,23). The Bertz CT molecular complexity index is 926. The number of pyridine rings is 1. The van der Waals surface area contributed by atoms with Crippen LogP contribution in [0.15, 0.2) is 64.0 Å². The van der Waals surface area contributed by atoms with E-state index in [0.717, 1.165) is 11.3 Å². The number of benzene rings is 1. The van der Waals surface area contributed by atoms with Crippen LogP contribution in [0.25, 0.3) is 0 Å². The van der Waals surface area contributed by atoms with Crippen molar-refractivity contribution in [1.82, 2.24) is 9.88 Å². The maximum absolute atomic E-state index is 12.9. The van der Waals surface area contributed by atoms with Crippen LogP contribution in [-0.4, -0.2) is 10.5 Å². The van der Waals surface area contributed by atoms with E-state index in [-0.39, 0.29) is 23.6 Å². The first-order valence-electron chi connectivity index (χ1n) is 8.12. The Morgan fingerprint density at radius 2 is 1.88 bits per heavy atom. The summed E-state index contributed by atoms with van der Waals surface area (Å²) in [6.45, 7) is 4.34. The summed E-state index contributed by atoms with van der Waals surface area (Å²) in [5, 5.41) is 2.75. The van der Waals surface area contributed by atoms with E-state index in [9.17, 15) is 9.59 Å². The van der Waals surface area contributed by atoms with Gasteiger partial charge in [-0.2, -0.15) is 0 Å². The van der Waals surface area contributed by atoms with Gasteiger partial charge in [-0.05, 0) is 43.2 Å². The molecule has 0 aliphatic heterocycles. The monoisotopic (exact) mass is 336 g/mol. The fraction of sp³-hybridized carbons (Fsp3) is 0.200. The molecule has 0 aliphatic rings. The van der Waals surface area contributed by atoms with Gasteiger partial charge < -0.3 is 14.3 Å². The highest BCUT2D eigenvalue weighted by Gasteiger charge is 2.17. The first-order chi connectivity index (χ1) is 12.1. The SMILES string of the molecule is Cc1cc(C)n(Cc2ccccc2)c(=O)c1C(=O)NCc1ccco1. The van der Waals surface area contributed by atoms with Crippen molar-refractivity contribution in [3.05, 3.63) is 93.3 Å². The Kier molecular flexibility index (Phi) is 4.84. The molecular weight excluding hydrogens is 316 g/mol. The maximum atomic E-state index is 12.9. The minimum Gasteiger partial charge on any atom is -0.467 e. The molecule has 0 aliphatic carbocycles. The Labute approximate surface area is 145 Å². The van der Waals surface area contributed by atoms with E-state index >= 15 is 0 Å². The van der Waals surface area contributed by atoms with Crippen molar-refractivity contribution >= 4 is 5.91 Å². The van der Waals surface area contributed by atoms with Gasteiger partial charge in [-0.15, -0.1) is 0 Å². The normalized spacial score (nSPS) is 10.6. The van der Waals surface area contributed by atoms with Crippen LogP contribution in [0.2, 0.25) is 0 Å². The van der Waals surface area contributed by atoms with Crippen molar-refractivity contribution in [1.29, 1.82) is 0 Å². The molecule has 0 spiro atoms. The number of rotatable bonds is 5. The van der Waals surface area contributed by atoms with E-state index in [2.05, 4.69) is 5.32 Å². The lowest BCUT2D eigenvalue weighted by molar-refractivity contribution is 0.0945. The second-order valence-corrected chi connectivity index (χ2v) is 5.98. The number of carbonyl (C=O) groups is 1. The lowest BCUT2D eigenvalue weighted by atomic mass is 10.1. The molecule has 0 saturated carbocycles. The van der Waals surface area contributed by atoms with Gasteiger partial charge in [0, 0.05) is 5.69 Å². The molecule has 128 valence electrons. The highest BCUT2D eigenvalue weighted by atomic mass is 16.3. The number of carbonyl (C=O) groups excluding carboxylic acids is 1. The summed E-state index contributed by atoms with van der Waals surface area (Å²) < 4.78 is 6.83. The number of nitrogens with zero attached hydrogens (tertiary/aromatic N) is 1. The van der Waals surface area contributed by atoms with Crippen LogP contribution in [0.3, 0.4) is 0 Å². The van der Waals surface area contributed by atoms with Gasteiger partial charge >= 0.3 is 0 Å². The predicted octanol–water partition coefficient (Wildman–Crippen LogP) is 3.04. The Morgan fingerprint density at radius 3 is 2.56 bits per heavy atom. The van der Waals surface area contributed by atoms with E-state index in [1.54, 1.807) is 29.9 Å². The van der Waals surface area contributed by atoms with Gasteiger partial charge in [-0.25, -0.2) is 0 Å². The molecule has 2 heterocycles. The molecule has 5 heteroatoms. The lowest BCUT2D eigenvalue weighted by Crippen LogP contribution is -2.35. The van der Waals surface area contributed by atoms with Gasteiger partial charge in [-0.1, -0.05) is 30.3 Å². The summed E-state index contributed by atoms with van der Waals surface area (Å²) in [7, 11) is 0. The molecule has 5 nitrogen and oxygen atoms in total. The van der Waals surface area contributed by atoms with Gasteiger partial charge in [0.15, 0.2) is 0 Å². The van der Waals surface area contributed by atoms with Crippen LogP contribution in [0.1, 0.15) is 32.9 Å². The molecule has 1 aromatic carbocycles. The van der Waals surface area contributed by atoms with Crippen molar-refractivity contribution in [2.24, 2.45) is 0 Å². The first kappa shape index (κ1) is 16.8. The van der Waals surface area contributed by atoms with Gasteiger partial charge in [0.25, 0.3) is 11.5 Å². The van der Waals surface area contributed by atoms with Crippen LogP contribution in [-0.2, 0) is 13.1 Å². The van der Waals surface area contributed by atoms with Crippen LogP contribution >= 0.6 is 0 Å². The minimum absolute atomic E-state index is 0.174. The number of hydrogen-bond acceptors (Lipinski definition) is 3.